The Hall–Kier alpha value is 0. The number of hydrogen-bond donors (Lipinski definition) is 0. The van der Waals surface area contributed by atoms with E-state index in [9.17, 15) is 0 Å². The lowest BCUT2D eigenvalue weighted by Crippen LogP contribution is -2.17. The van der Waals surface area contributed by atoms with Gasteiger partial charge in [-0.25, -0.2) is 0 Å². The summed E-state index contributed by atoms with van der Waals surface area (Å²) in [5, 5.41) is 0. The van der Waals surface area contributed by atoms with Gasteiger partial charge in [0.25, 0.3) is 0 Å². The highest BCUT2D eigenvalue weighted by atomic mass is 14.8. The van der Waals surface area contributed by atoms with E-state index in [0.717, 1.165) is 5.92 Å². The summed E-state index contributed by atoms with van der Waals surface area (Å²) < 4.78 is 0. The fourth-order valence-corrected chi connectivity index (χ4v) is 3.03. The number of rotatable bonds is 0. The Kier molecular flexibility index (Phi) is 0.427. The molecule has 8 heavy (non-hydrogen) atoms. The zero-order chi connectivity index (χ0) is 5.30. The van der Waals surface area contributed by atoms with Crippen LogP contribution in [-0.2, 0) is 0 Å². The Morgan fingerprint density at radius 2 is 1.75 bits per heavy atom. The lowest BCUT2D eigenvalue weighted by molar-refractivity contribution is 0.247. The second-order valence-electron chi connectivity index (χ2n) is 3.95. The summed E-state index contributed by atoms with van der Waals surface area (Å²) >= 11 is 0. The van der Waals surface area contributed by atoms with Gasteiger partial charge in [-0.05, 0) is 36.0 Å². The molecule has 4 saturated carbocycles. The second-order valence-corrected chi connectivity index (χ2v) is 3.95. The summed E-state index contributed by atoms with van der Waals surface area (Å²) in [6.45, 7) is 2.44. The first-order valence-corrected chi connectivity index (χ1v) is 3.89. The van der Waals surface area contributed by atoms with Gasteiger partial charge in [0.05, 0.1) is 0 Å². The van der Waals surface area contributed by atoms with Gasteiger partial charge in [0.2, 0.25) is 0 Å². The minimum atomic E-state index is 1.11. The highest BCUT2D eigenvalue weighted by molar-refractivity contribution is 5.22. The molecule has 0 nitrogen and oxygen atoms in total. The molecule has 0 aromatic heterocycles. The molecular weight excluding hydrogens is 96.1 g/mol. The van der Waals surface area contributed by atoms with Crippen molar-refractivity contribution < 1.29 is 0 Å². The van der Waals surface area contributed by atoms with E-state index in [0.29, 0.717) is 0 Å². The summed E-state index contributed by atoms with van der Waals surface area (Å²) in [5.74, 6) is 6.11. The third kappa shape index (κ3) is 0.240. The van der Waals surface area contributed by atoms with Crippen LogP contribution in [0.4, 0.5) is 0 Å². The van der Waals surface area contributed by atoms with E-state index < -0.39 is 0 Å². The Labute approximate surface area is 50.3 Å². The van der Waals surface area contributed by atoms with Crippen molar-refractivity contribution in [2.75, 3.05) is 0 Å². The van der Waals surface area contributed by atoms with Crippen LogP contribution in [0.2, 0.25) is 0 Å². The third-order valence-corrected chi connectivity index (χ3v) is 3.65. The summed E-state index contributed by atoms with van der Waals surface area (Å²) in [5.41, 5.74) is 0. The van der Waals surface area contributed by atoms with E-state index in [1.165, 1.54) is 23.7 Å². The van der Waals surface area contributed by atoms with Gasteiger partial charge in [-0.15, -0.1) is 0 Å². The van der Waals surface area contributed by atoms with Crippen LogP contribution in [0.5, 0.6) is 0 Å². The van der Waals surface area contributed by atoms with Gasteiger partial charge in [-0.3, -0.25) is 0 Å². The van der Waals surface area contributed by atoms with E-state index in [1.807, 2.05) is 0 Å². The molecule has 0 N–H and O–H groups in total. The topological polar surface area (TPSA) is 0 Å². The van der Waals surface area contributed by atoms with E-state index in [1.54, 1.807) is 12.8 Å². The minimum absolute atomic E-state index is 1.11. The van der Waals surface area contributed by atoms with Crippen LogP contribution in [0.1, 0.15) is 19.8 Å². The van der Waals surface area contributed by atoms with Gasteiger partial charge in [0, 0.05) is 0 Å². The lowest BCUT2D eigenvalue weighted by Gasteiger charge is -2.25. The quantitative estimate of drug-likeness (QED) is 0.444. The first-order chi connectivity index (χ1) is 3.89. The predicted molar refractivity (Wildman–Crippen MR) is 32.4 cm³/mol. The summed E-state index contributed by atoms with van der Waals surface area (Å²) in [6, 6.07) is 0. The molecule has 4 aliphatic rings. The SMILES string of the molecule is C[C@@H]1CCC2C3C2C31. The average Bonchev–Trinajstić information content (AvgIpc) is 2.48. The molecule has 0 amide bonds. The maximum absolute atomic E-state index is 2.44. The zero-order valence-corrected chi connectivity index (χ0v) is 5.30. The van der Waals surface area contributed by atoms with Gasteiger partial charge >= 0.3 is 0 Å². The first-order valence-electron chi connectivity index (χ1n) is 3.89. The molecule has 0 aromatic rings. The maximum atomic E-state index is 2.44. The number of hydrogen-bond acceptors (Lipinski definition) is 0. The summed E-state index contributed by atoms with van der Waals surface area (Å²) in [7, 11) is 0. The molecule has 2 bridgehead atoms. The molecule has 0 heteroatoms. The lowest BCUT2D eigenvalue weighted by atomic mass is 9.80. The van der Waals surface area contributed by atoms with Crippen LogP contribution < -0.4 is 0 Å². The molecule has 4 aliphatic carbocycles. The van der Waals surface area contributed by atoms with Crippen LogP contribution in [0.25, 0.3) is 0 Å². The molecular formula is C8H12. The summed E-state index contributed by atoms with van der Waals surface area (Å²) in [6.07, 6.45) is 3.12. The van der Waals surface area contributed by atoms with Crippen LogP contribution in [0.3, 0.4) is 0 Å². The van der Waals surface area contributed by atoms with Crippen LogP contribution in [0.15, 0.2) is 0 Å². The predicted octanol–water partition coefficient (Wildman–Crippen LogP) is 1.91. The molecule has 0 spiro atoms. The van der Waals surface area contributed by atoms with E-state index in [-0.39, 0.29) is 0 Å². The minimum Gasteiger partial charge on any atom is -0.0622 e. The van der Waals surface area contributed by atoms with E-state index in [2.05, 4.69) is 6.92 Å². The Morgan fingerprint density at radius 1 is 1.00 bits per heavy atom. The van der Waals surface area contributed by atoms with Crippen molar-refractivity contribution in [1.82, 2.24) is 0 Å². The van der Waals surface area contributed by atoms with Crippen LogP contribution in [-0.4, -0.2) is 0 Å². The molecule has 2 unspecified atom stereocenters. The second kappa shape index (κ2) is 0.872. The average molecular weight is 108 g/mol. The normalized spacial score (nSPS) is 73.9. The monoisotopic (exact) mass is 108 g/mol. The Balaban J connectivity index is 1.89. The van der Waals surface area contributed by atoms with Crippen molar-refractivity contribution in [3.63, 3.8) is 0 Å². The van der Waals surface area contributed by atoms with Crippen LogP contribution >= 0.6 is 0 Å². The van der Waals surface area contributed by atoms with Gasteiger partial charge in [-0.1, -0.05) is 13.3 Å². The molecule has 4 rings (SSSR count). The van der Waals surface area contributed by atoms with Gasteiger partial charge in [0.1, 0.15) is 0 Å². The Bertz CT molecular complexity index is 129. The van der Waals surface area contributed by atoms with Crippen molar-refractivity contribution in [3.8, 4) is 0 Å². The Morgan fingerprint density at radius 3 is 2.12 bits per heavy atom. The van der Waals surface area contributed by atoms with Gasteiger partial charge < -0.3 is 0 Å². The van der Waals surface area contributed by atoms with Gasteiger partial charge in [-0.2, -0.15) is 0 Å². The maximum Gasteiger partial charge on any atom is -0.0315 e. The summed E-state index contributed by atoms with van der Waals surface area (Å²) in [4.78, 5) is 0. The molecule has 4 fully saturated rings. The van der Waals surface area contributed by atoms with Gasteiger partial charge in [0.15, 0.2) is 0 Å². The van der Waals surface area contributed by atoms with Crippen molar-refractivity contribution in [2.24, 2.45) is 29.6 Å². The van der Waals surface area contributed by atoms with Crippen molar-refractivity contribution in [3.05, 3.63) is 0 Å². The van der Waals surface area contributed by atoms with Crippen molar-refractivity contribution in [2.45, 2.75) is 19.8 Å². The zero-order valence-electron chi connectivity index (χ0n) is 5.30. The molecule has 0 radical (unpaired) electrons. The third-order valence-electron chi connectivity index (χ3n) is 3.65. The van der Waals surface area contributed by atoms with Crippen LogP contribution in [0, 0.1) is 29.6 Å². The molecule has 44 valence electrons. The van der Waals surface area contributed by atoms with E-state index >= 15 is 0 Å². The number of fused-ring (bicyclic) bond motifs is 2. The molecule has 0 aromatic carbocycles. The molecule has 3 atom stereocenters. The first kappa shape index (κ1) is 3.92. The van der Waals surface area contributed by atoms with E-state index in [4.69, 9.17) is 0 Å². The molecule has 0 aliphatic heterocycles. The largest absolute Gasteiger partial charge is 0.0622 e. The van der Waals surface area contributed by atoms with Crippen molar-refractivity contribution >= 4 is 0 Å². The highest BCUT2D eigenvalue weighted by Gasteiger charge is 2.75. The molecule has 0 heterocycles. The molecule has 0 saturated heterocycles. The standard InChI is InChI=1S/C8H12/c1-4-2-3-5-7-6(4)8(5)7/h4-8H,2-3H2,1H3/t4-,5?,6?,7?,8?/m1/s1. The fraction of sp³-hybridized carbons (Fsp3) is 1.00. The smallest absolute Gasteiger partial charge is 0.0315 e. The van der Waals surface area contributed by atoms with Crippen molar-refractivity contribution in [1.29, 1.82) is 0 Å². The highest BCUT2D eigenvalue weighted by Crippen LogP contribution is 2.80. The fourth-order valence-electron chi connectivity index (χ4n) is 3.03.